The third kappa shape index (κ3) is 2.39. The SMILES string of the molecule is Cc1nc2c(c(=O)[nH]1)CN(c1nc3c(F)cc(F)cc3s1)CC2. The molecule has 0 radical (unpaired) electrons. The van der Waals surface area contributed by atoms with Crippen LogP contribution in [-0.4, -0.2) is 21.5 Å². The Kier molecular flexibility index (Phi) is 3.15. The van der Waals surface area contributed by atoms with E-state index >= 15 is 0 Å². The average Bonchev–Trinajstić information content (AvgIpc) is 2.91. The van der Waals surface area contributed by atoms with Gasteiger partial charge in [-0.25, -0.2) is 18.7 Å². The molecular formula is C15H12F2N4OS. The van der Waals surface area contributed by atoms with E-state index in [1.807, 2.05) is 4.90 Å². The molecule has 4 rings (SSSR count). The predicted octanol–water partition coefficient (Wildman–Crippen LogP) is 2.53. The van der Waals surface area contributed by atoms with Gasteiger partial charge in [0.15, 0.2) is 10.9 Å². The van der Waals surface area contributed by atoms with Crippen molar-refractivity contribution in [1.82, 2.24) is 15.0 Å². The summed E-state index contributed by atoms with van der Waals surface area (Å²) in [5, 5.41) is 0.579. The third-order valence-corrected chi connectivity index (χ3v) is 4.92. The fourth-order valence-corrected chi connectivity index (χ4v) is 3.82. The summed E-state index contributed by atoms with van der Waals surface area (Å²) in [6, 6.07) is 2.10. The number of rotatable bonds is 1. The van der Waals surface area contributed by atoms with Gasteiger partial charge in [-0.1, -0.05) is 11.3 Å². The van der Waals surface area contributed by atoms with Gasteiger partial charge in [-0.15, -0.1) is 0 Å². The number of benzene rings is 1. The molecule has 0 aliphatic carbocycles. The Hall–Kier alpha value is -2.35. The van der Waals surface area contributed by atoms with Crippen LogP contribution in [0.3, 0.4) is 0 Å². The van der Waals surface area contributed by atoms with Crippen LogP contribution in [0.25, 0.3) is 10.2 Å². The molecule has 1 N–H and O–H groups in total. The van der Waals surface area contributed by atoms with Crippen molar-refractivity contribution in [3.8, 4) is 0 Å². The number of fused-ring (bicyclic) bond motifs is 2. The summed E-state index contributed by atoms with van der Waals surface area (Å²) in [4.78, 5) is 25.3. The van der Waals surface area contributed by atoms with Gasteiger partial charge >= 0.3 is 0 Å². The molecule has 0 spiro atoms. The average molecular weight is 334 g/mol. The summed E-state index contributed by atoms with van der Waals surface area (Å²) in [5.74, 6) is -0.694. The van der Waals surface area contributed by atoms with E-state index in [-0.39, 0.29) is 11.1 Å². The molecular weight excluding hydrogens is 322 g/mol. The van der Waals surface area contributed by atoms with Gasteiger partial charge in [0.1, 0.15) is 17.2 Å². The molecule has 0 saturated carbocycles. The summed E-state index contributed by atoms with van der Waals surface area (Å²) in [6.45, 7) is 2.74. The highest BCUT2D eigenvalue weighted by Crippen LogP contribution is 2.32. The van der Waals surface area contributed by atoms with Gasteiger partial charge in [-0.05, 0) is 13.0 Å². The smallest absolute Gasteiger partial charge is 0.256 e. The standard InChI is InChI=1S/C15H12F2N4OS/c1-7-18-11-2-3-21(6-9(11)14(22)19-7)15-20-13-10(17)4-8(16)5-12(13)23-15/h4-5H,2-3,6H2,1H3,(H,18,19,22). The fourth-order valence-electron chi connectivity index (χ4n) is 2.79. The molecule has 0 saturated heterocycles. The number of H-pyrrole nitrogens is 1. The minimum Gasteiger partial charge on any atom is -0.343 e. The number of thiazole rings is 1. The lowest BCUT2D eigenvalue weighted by Crippen LogP contribution is -2.35. The second-order valence-corrected chi connectivity index (χ2v) is 6.49. The van der Waals surface area contributed by atoms with Gasteiger partial charge in [0.25, 0.3) is 5.56 Å². The lowest BCUT2D eigenvalue weighted by atomic mass is 10.1. The van der Waals surface area contributed by atoms with Crippen molar-refractivity contribution < 1.29 is 8.78 Å². The van der Waals surface area contributed by atoms with E-state index in [1.165, 1.54) is 17.4 Å². The van der Waals surface area contributed by atoms with Gasteiger partial charge in [-0.3, -0.25) is 4.79 Å². The highest BCUT2D eigenvalue weighted by Gasteiger charge is 2.23. The Labute approximate surface area is 133 Å². The number of hydrogen-bond acceptors (Lipinski definition) is 5. The van der Waals surface area contributed by atoms with Gasteiger partial charge < -0.3 is 9.88 Å². The molecule has 1 aliphatic rings. The molecule has 23 heavy (non-hydrogen) atoms. The van der Waals surface area contributed by atoms with Crippen molar-refractivity contribution in [2.45, 2.75) is 19.9 Å². The van der Waals surface area contributed by atoms with Crippen molar-refractivity contribution in [1.29, 1.82) is 0 Å². The molecule has 3 aromatic rings. The summed E-state index contributed by atoms with van der Waals surface area (Å²) >= 11 is 1.22. The maximum absolute atomic E-state index is 13.8. The second kappa shape index (κ2) is 5.09. The Balaban J connectivity index is 1.75. The summed E-state index contributed by atoms with van der Waals surface area (Å²) < 4.78 is 27.6. The van der Waals surface area contributed by atoms with Gasteiger partial charge in [0, 0.05) is 19.0 Å². The molecule has 0 unspecified atom stereocenters. The highest BCUT2D eigenvalue weighted by molar-refractivity contribution is 7.22. The molecule has 5 nitrogen and oxygen atoms in total. The van der Waals surface area contributed by atoms with Crippen molar-refractivity contribution in [2.24, 2.45) is 0 Å². The van der Waals surface area contributed by atoms with E-state index in [0.29, 0.717) is 40.7 Å². The maximum Gasteiger partial charge on any atom is 0.256 e. The molecule has 2 aromatic heterocycles. The van der Waals surface area contributed by atoms with Crippen LogP contribution in [-0.2, 0) is 13.0 Å². The number of nitrogens with one attached hydrogen (secondary N) is 1. The van der Waals surface area contributed by atoms with Crippen LogP contribution in [0.4, 0.5) is 13.9 Å². The van der Waals surface area contributed by atoms with E-state index in [0.717, 1.165) is 11.8 Å². The molecule has 1 aliphatic heterocycles. The number of halogens is 2. The Morgan fingerprint density at radius 1 is 1.30 bits per heavy atom. The first-order valence-electron chi connectivity index (χ1n) is 7.10. The number of anilines is 1. The monoisotopic (exact) mass is 334 g/mol. The zero-order chi connectivity index (χ0) is 16.1. The number of aromatic amines is 1. The van der Waals surface area contributed by atoms with Crippen molar-refractivity contribution in [3.63, 3.8) is 0 Å². The number of aromatic nitrogens is 3. The minimum absolute atomic E-state index is 0.157. The van der Waals surface area contributed by atoms with E-state index in [1.54, 1.807) is 6.92 Å². The zero-order valence-electron chi connectivity index (χ0n) is 12.2. The predicted molar refractivity (Wildman–Crippen MR) is 83.9 cm³/mol. The van der Waals surface area contributed by atoms with Crippen LogP contribution in [0.5, 0.6) is 0 Å². The van der Waals surface area contributed by atoms with E-state index < -0.39 is 11.6 Å². The number of nitrogens with zero attached hydrogens (tertiary/aromatic N) is 3. The quantitative estimate of drug-likeness (QED) is 0.743. The van der Waals surface area contributed by atoms with Gasteiger partial charge in [0.05, 0.1) is 22.5 Å². The number of hydrogen-bond donors (Lipinski definition) is 1. The van der Waals surface area contributed by atoms with Crippen molar-refractivity contribution in [2.75, 3.05) is 11.4 Å². The first kappa shape index (κ1) is 14.3. The Morgan fingerprint density at radius 2 is 2.13 bits per heavy atom. The second-order valence-electron chi connectivity index (χ2n) is 5.48. The first-order chi connectivity index (χ1) is 11.0. The molecule has 1 aromatic carbocycles. The first-order valence-corrected chi connectivity index (χ1v) is 7.92. The molecule has 0 fully saturated rings. The molecule has 3 heterocycles. The van der Waals surface area contributed by atoms with Gasteiger partial charge in [0.2, 0.25) is 0 Å². The Bertz CT molecular complexity index is 982. The summed E-state index contributed by atoms with van der Waals surface area (Å²) in [5.41, 5.74) is 1.40. The third-order valence-electron chi connectivity index (χ3n) is 3.86. The van der Waals surface area contributed by atoms with Crippen LogP contribution in [0.2, 0.25) is 0 Å². The topological polar surface area (TPSA) is 61.9 Å². The van der Waals surface area contributed by atoms with Crippen LogP contribution in [0.15, 0.2) is 16.9 Å². The molecule has 0 amide bonds. The Morgan fingerprint density at radius 3 is 2.96 bits per heavy atom. The fraction of sp³-hybridized carbons (Fsp3) is 0.267. The maximum atomic E-state index is 13.8. The molecule has 0 bridgehead atoms. The van der Waals surface area contributed by atoms with Crippen LogP contribution in [0.1, 0.15) is 17.1 Å². The lowest BCUT2D eigenvalue weighted by molar-refractivity contribution is 0.591. The normalized spacial score (nSPS) is 14.3. The minimum atomic E-state index is -0.671. The van der Waals surface area contributed by atoms with Crippen LogP contribution >= 0.6 is 11.3 Å². The van der Waals surface area contributed by atoms with Crippen LogP contribution < -0.4 is 10.5 Å². The van der Waals surface area contributed by atoms with Gasteiger partial charge in [-0.2, -0.15) is 0 Å². The highest BCUT2D eigenvalue weighted by atomic mass is 32.1. The largest absolute Gasteiger partial charge is 0.343 e. The lowest BCUT2D eigenvalue weighted by Gasteiger charge is -2.27. The van der Waals surface area contributed by atoms with Crippen molar-refractivity contribution in [3.05, 3.63) is 51.2 Å². The number of aryl methyl sites for hydroxylation is 1. The van der Waals surface area contributed by atoms with E-state index in [9.17, 15) is 13.6 Å². The molecule has 8 heteroatoms. The molecule has 118 valence electrons. The summed E-state index contributed by atoms with van der Waals surface area (Å²) in [7, 11) is 0. The van der Waals surface area contributed by atoms with Crippen molar-refractivity contribution >= 4 is 26.7 Å². The van der Waals surface area contributed by atoms with E-state index in [4.69, 9.17) is 0 Å². The van der Waals surface area contributed by atoms with E-state index in [2.05, 4.69) is 15.0 Å². The summed E-state index contributed by atoms with van der Waals surface area (Å²) in [6.07, 6.45) is 0.618. The molecule has 0 atom stereocenters. The van der Waals surface area contributed by atoms with Crippen LogP contribution in [0, 0.1) is 18.6 Å². The zero-order valence-corrected chi connectivity index (χ0v) is 13.0.